The summed E-state index contributed by atoms with van der Waals surface area (Å²) in [5, 5.41) is 3.22. The van der Waals surface area contributed by atoms with E-state index in [0.717, 1.165) is 17.7 Å². The molecule has 1 aliphatic rings. The summed E-state index contributed by atoms with van der Waals surface area (Å²) in [6.07, 6.45) is 0.837. The molecule has 2 nitrogen and oxygen atoms in total. The second kappa shape index (κ2) is 2.75. The minimum Gasteiger partial charge on any atom is -0.380 e. The largest absolute Gasteiger partial charge is 0.380 e. The third-order valence-corrected chi connectivity index (χ3v) is 2.18. The maximum Gasteiger partial charge on any atom is 0.123 e. The van der Waals surface area contributed by atoms with E-state index < -0.39 is 0 Å². The average molecular weight is 166 g/mol. The van der Waals surface area contributed by atoms with Crippen LogP contribution in [0, 0.1) is 5.82 Å². The van der Waals surface area contributed by atoms with Crippen LogP contribution in [0.5, 0.6) is 0 Å². The zero-order valence-electron chi connectivity index (χ0n) is 6.68. The van der Waals surface area contributed by atoms with Crippen molar-refractivity contribution in [2.24, 2.45) is 5.73 Å². The SMILES string of the molecule is NCC1Cc2cc(F)ccc2N1. The lowest BCUT2D eigenvalue weighted by Crippen LogP contribution is -2.25. The molecule has 1 heterocycles. The van der Waals surface area contributed by atoms with E-state index in [1.54, 1.807) is 12.1 Å². The van der Waals surface area contributed by atoms with E-state index in [4.69, 9.17) is 5.73 Å². The predicted molar refractivity (Wildman–Crippen MR) is 46.6 cm³/mol. The summed E-state index contributed by atoms with van der Waals surface area (Å²) in [6.45, 7) is 0.594. The van der Waals surface area contributed by atoms with Crippen molar-refractivity contribution in [2.75, 3.05) is 11.9 Å². The highest BCUT2D eigenvalue weighted by Gasteiger charge is 2.18. The molecule has 0 aromatic heterocycles. The Morgan fingerprint density at radius 2 is 2.42 bits per heavy atom. The van der Waals surface area contributed by atoms with Gasteiger partial charge in [0.15, 0.2) is 0 Å². The van der Waals surface area contributed by atoms with Gasteiger partial charge in [0.25, 0.3) is 0 Å². The van der Waals surface area contributed by atoms with Gasteiger partial charge < -0.3 is 11.1 Å². The van der Waals surface area contributed by atoms with Crippen LogP contribution >= 0.6 is 0 Å². The molecule has 2 rings (SSSR count). The van der Waals surface area contributed by atoms with Gasteiger partial charge in [-0.2, -0.15) is 0 Å². The average Bonchev–Trinajstić information content (AvgIpc) is 2.46. The van der Waals surface area contributed by atoms with Crippen molar-refractivity contribution in [2.45, 2.75) is 12.5 Å². The number of rotatable bonds is 1. The van der Waals surface area contributed by atoms with Crippen LogP contribution in [-0.2, 0) is 6.42 Å². The standard InChI is InChI=1S/C9H11FN2/c10-7-1-2-9-6(3-7)4-8(5-11)12-9/h1-3,8,12H,4-5,11H2. The molecule has 0 radical (unpaired) electrons. The van der Waals surface area contributed by atoms with Gasteiger partial charge in [-0.05, 0) is 30.2 Å². The molecular weight excluding hydrogens is 155 g/mol. The molecule has 12 heavy (non-hydrogen) atoms. The molecule has 0 saturated heterocycles. The summed E-state index contributed by atoms with van der Waals surface area (Å²) in [4.78, 5) is 0. The Labute approximate surface area is 70.6 Å². The summed E-state index contributed by atoms with van der Waals surface area (Å²) in [5.74, 6) is -0.173. The Morgan fingerprint density at radius 1 is 1.58 bits per heavy atom. The van der Waals surface area contributed by atoms with Crippen LogP contribution in [0.2, 0.25) is 0 Å². The smallest absolute Gasteiger partial charge is 0.123 e. The van der Waals surface area contributed by atoms with Gasteiger partial charge in [0.2, 0.25) is 0 Å². The van der Waals surface area contributed by atoms with Gasteiger partial charge in [0.05, 0.1) is 0 Å². The van der Waals surface area contributed by atoms with E-state index in [0.29, 0.717) is 6.54 Å². The third-order valence-electron chi connectivity index (χ3n) is 2.18. The topological polar surface area (TPSA) is 38.0 Å². The second-order valence-corrected chi connectivity index (χ2v) is 3.08. The lowest BCUT2D eigenvalue weighted by atomic mass is 10.1. The Kier molecular flexibility index (Phi) is 1.73. The molecule has 0 spiro atoms. The number of nitrogens with one attached hydrogen (secondary N) is 1. The molecule has 64 valence electrons. The molecule has 1 aromatic rings. The molecule has 1 atom stereocenters. The van der Waals surface area contributed by atoms with Gasteiger partial charge in [-0.3, -0.25) is 0 Å². The molecule has 1 unspecified atom stereocenters. The number of hydrogen-bond donors (Lipinski definition) is 2. The number of fused-ring (bicyclic) bond motifs is 1. The van der Waals surface area contributed by atoms with Crippen LogP contribution in [0.25, 0.3) is 0 Å². The Hall–Kier alpha value is -1.09. The van der Waals surface area contributed by atoms with Crippen molar-refractivity contribution in [1.29, 1.82) is 0 Å². The summed E-state index contributed by atoms with van der Waals surface area (Å²) < 4.78 is 12.7. The number of nitrogens with two attached hydrogens (primary N) is 1. The van der Waals surface area contributed by atoms with Crippen LogP contribution in [0.1, 0.15) is 5.56 Å². The van der Waals surface area contributed by atoms with Crippen molar-refractivity contribution in [3.8, 4) is 0 Å². The third kappa shape index (κ3) is 1.16. The van der Waals surface area contributed by atoms with E-state index in [1.807, 2.05) is 0 Å². The van der Waals surface area contributed by atoms with E-state index in [9.17, 15) is 4.39 Å². The summed E-state index contributed by atoms with van der Waals surface area (Å²) in [7, 11) is 0. The van der Waals surface area contributed by atoms with Gasteiger partial charge in [-0.25, -0.2) is 4.39 Å². The van der Waals surface area contributed by atoms with Gasteiger partial charge in [-0.15, -0.1) is 0 Å². The normalized spacial score (nSPS) is 20.3. The van der Waals surface area contributed by atoms with Crippen LogP contribution in [0.3, 0.4) is 0 Å². The van der Waals surface area contributed by atoms with Crippen LogP contribution in [-0.4, -0.2) is 12.6 Å². The molecule has 1 aliphatic heterocycles. The highest BCUT2D eigenvalue weighted by Crippen LogP contribution is 2.25. The molecule has 0 fully saturated rings. The first-order chi connectivity index (χ1) is 5.79. The zero-order chi connectivity index (χ0) is 8.55. The zero-order valence-corrected chi connectivity index (χ0v) is 6.68. The van der Waals surface area contributed by atoms with Crippen LogP contribution in [0.4, 0.5) is 10.1 Å². The van der Waals surface area contributed by atoms with Gasteiger partial charge in [0, 0.05) is 18.3 Å². The van der Waals surface area contributed by atoms with Crippen LogP contribution in [0.15, 0.2) is 18.2 Å². The van der Waals surface area contributed by atoms with E-state index in [-0.39, 0.29) is 11.9 Å². The molecule has 0 bridgehead atoms. The molecule has 0 aliphatic carbocycles. The first-order valence-electron chi connectivity index (χ1n) is 4.04. The second-order valence-electron chi connectivity index (χ2n) is 3.08. The monoisotopic (exact) mass is 166 g/mol. The van der Waals surface area contributed by atoms with Crippen LogP contribution < -0.4 is 11.1 Å². The van der Waals surface area contributed by atoms with E-state index in [2.05, 4.69) is 5.32 Å². The van der Waals surface area contributed by atoms with Crippen molar-refractivity contribution in [3.63, 3.8) is 0 Å². The fourth-order valence-corrected chi connectivity index (χ4v) is 1.55. The fourth-order valence-electron chi connectivity index (χ4n) is 1.55. The molecule has 3 N–H and O–H groups in total. The Morgan fingerprint density at radius 3 is 3.17 bits per heavy atom. The minimum atomic E-state index is -0.173. The lowest BCUT2D eigenvalue weighted by molar-refractivity contribution is 0.626. The number of anilines is 1. The van der Waals surface area contributed by atoms with Gasteiger partial charge in [0.1, 0.15) is 5.82 Å². The van der Waals surface area contributed by atoms with Crippen molar-refractivity contribution in [1.82, 2.24) is 0 Å². The maximum atomic E-state index is 12.7. The number of hydrogen-bond acceptors (Lipinski definition) is 2. The minimum absolute atomic E-state index is 0.173. The lowest BCUT2D eigenvalue weighted by Gasteiger charge is -2.05. The molecule has 0 saturated carbocycles. The quantitative estimate of drug-likeness (QED) is 0.656. The Bertz CT molecular complexity index is 299. The van der Waals surface area contributed by atoms with Gasteiger partial charge >= 0.3 is 0 Å². The highest BCUT2D eigenvalue weighted by molar-refractivity contribution is 5.56. The first kappa shape index (κ1) is 7.55. The summed E-state index contributed by atoms with van der Waals surface area (Å²) >= 11 is 0. The summed E-state index contributed by atoms with van der Waals surface area (Å²) in [6, 6.07) is 5.07. The first-order valence-corrected chi connectivity index (χ1v) is 4.04. The Balaban J connectivity index is 2.30. The van der Waals surface area contributed by atoms with Crippen molar-refractivity contribution in [3.05, 3.63) is 29.6 Å². The molecule has 0 amide bonds. The fraction of sp³-hybridized carbons (Fsp3) is 0.333. The number of halogens is 1. The van der Waals surface area contributed by atoms with E-state index >= 15 is 0 Å². The molecule has 1 aromatic carbocycles. The van der Waals surface area contributed by atoms with Crippen molar-refractivity contribution < 1.29 is 4.39 Å². The van der Waals surface area contributed by atoms with E-state index in [1.165, 1.54) is 6.07 Å². The number of benzene rings is 1. The molecule has 3 heteroatoms. The maximum absolute atomic E-state index is 12.7. The predicted octanol–water partition coefficient (Wildman–Crippen LogP) is 1.12. The summed E-state index contributed by atoms with van der Waals surface area (Å²) in [5.41, 5.74) is 7.55. The molecular formula is C9H11FN2. The van der Waals surface area contributed by atoms with Gasteiger partial charge in [-0.1, -0.05) is 0 Å². The highest BCUT2D eigenvalue weighted by atomic mass is 19.1. The van der Waals surface area contributed by atoms with Crippen molar-refractivity contribution >= 4 is 5.69 Å².